The minimum Gasteiger partial charge on any atom is -0.350 e. The highest BCUT2D eigenvalue weighted by molar-refractivity contribution is 6.04. The van der Waals surface area contributed by atoms with Crippen LogP contribution < -0.4 is 10.9 Å². The summed E-state index contributed by atoms with van der Waals surface area (Å²) in [4.78, 5) is 24.0. The maximum absolute atomic E-state index is 12.3. The van der Waals surface area contributed by atoms with Gasteiger partial charge in [-0.3, -0.25) is 9.59 Å². The molecule has 1 aromatic carbocycles. The minimum atomic E-state index is -0.272. The highest BCUT2D eigenvalue weighted by atomic mass is 16.2. The van der Waals surface area contributed by atoms with E-state index in [0.717, 1.165) is 5.92 Å². The Bertz CT molecular complexity index is 723. The molecule has 1 aromatic heterocycles. The van der Waals surface area contributed by atoms with Gasteiger partial charge in [-0.2, -0.15) is 5.10 Å². The van der Waals surface area contributed by atoms with Gasteiger partial charge >= 0.3 is 0 Å². The SMILES string of the molecule is CC1CCC(CNC(=O)c2n[nH]c(=O)c3ccccc23)C1. The summed E-state index contributed by atoms with van der Waals surface area (Å²) < 4.78 is 0. The van der Waals surface area contributed by atoms with E-state index in [4.69, 9.17) is 0 Å². The summed E-state index contributed by atoms with van der Waals surface area (Å²) in [6, 6.07) is 7.04. The van der Waals surface area contributed by atoms with Crippen LogP contribution in [0.1, 0.15) is 36.7 Å². The second kappa shape index (κ2) is 5.68. The molecule has 1 aliphatic rings. The number of amides is 1. The largest absolute Gasteiger partial charge is 0.350 e. The maximum Gasteiger partial charge on any atom is 0.272 e. The van der Waals surface area contributed by atoms with Crippen LogP contribution in [0.2, 0.25) is 0 Å². The Morgan fingerprint density at radius 2 is 2.10 bits per heavy atom. The molecule has 1 saturated carbocycles. The van der Waals surface area contributed by atoms with Gasteiger partial charge in [-0.05, 0) is 30.7 Å². The molecule has 1 aliphatic carbocycles. The number of hydrogen-bond acceptors (Lipinski definition) is 3. The Hall–Kier alpha value is -2.17. The molecule has 5 heteroatoms. The van der Waals surface area contributed by atoms with Gasteiger partial charge in [-0.1, -0.05) is 31.5 Å². The fraction of sp³-hybridized carbons (Fsp3) is 0.438. The lowest BCUT2D eigenvalue weighted by molar-refractivity contribution is 0.0943. The van der Waals surface area contributed by atoms with Crippen LogP contribution in [0.15, 0.2) is 29.1 Å². The van der Waals surface area contributed by atoms with E-state index in [1.807, 2.05) is 0 Å². The molecule has 2 N–H and O–H groups in total. The van der Waals surface area contributed by atoms with Crippen molar-refractivity contribution < 1.29 is 4.79 Å². The summed E-state index contributed by atoms with van der Waals surface area (Å²) in [5, 5.41) is 10.3. The molecule has 1 fully saturated rings. The maximum atomic E-state index is 12.3. The number of benzene rings is 1. The average molecular weight is 285 g/mol. The van der Waals surface area contributed by atoms with Crippen molar-refractivity contribution in [3.05, 3.63) is 40.3 Å². The van der Waals surface area contributed by atoms with Crippen molar-refractivity contribution in [3.8, 4) is 0 Å². The molecular formula is C16H19N3O2. The standard InChI is InChI=1S/C16H19N3O2/c1-10-6-7-11(8-10)9-17-16(21)14-12-4-2-3-5-13(12)15(20)19-18-14/h2-5,10-11H,6-9H2,1H3,(H,17,21)(H,19,20). The molecule has 110 valence electrons. The Labute approximate surface area is 122 Å². The van der Waals surface area contributed by atoms with E-state index in [0.29, 0.717) is 23.2 Å². The lowest BCUT2D eigenvalue weighted by Gasteiger charge is -2.11. The summed E-state index contributed by atoms with van der Waals surface area (Å²) in [5.41, 5.74) is 0.0167. The van der Waals surface area contributed by atoms with Crippen molar-refractivity contribution in [1.82, 2.24) is 15.5 Å². The second-order valence-corrected chi connectivity index (χ2v) is 5.94. The van der Waals surface area contributed by atoms with Gasteiger partial charge in [0.2, 0.25) is 0 Å². The van der Waals surface area contributed by atoms with Crippen molar-refractivity contribution in [2.75, 3.05) is 6.54 Å². The molecule has 1 amide bonds. The molecule has 0 spiro atoms. The molecule has 2 atom stereocenters. The molecule has 1 heterocycles. The van der Waals surface area contributed by atoms with E-state index in [9.17, 15) is 9.59 Å². The van der Waals surface area contributed by atoms with Gasteiger partial charge in [0.05, 0.1) is 5.39 Å². The van der Waals surface area contributed by atoms with E-state index >= 15 is 0 Å². The molecule has 2 aromatic rings. The fourth-order valence-corrected chi connectivity index (χ4v) is 3.12. The highest BCUT2D eigenvalue weighted by Gasteiger charge is 2.22. The first kappa shape index (κ1) is 13.8. The van der Waals surface area contributed by atoms with Gasteiger partial charge in [-0.25, -0.2) is 5.10 Å². The van der Waals surface area contributed by atoms with Crippen molar-refractivity contribution in [2.45, 2.75) is 26.2 Å². The quantitative estimate of drug-likeness (QED) is 0.906. The van der Waals surface area contributed by atoms with Crippen molar-refractivity contribution in [3.63, 3.8) is 0 Å². The third-order valence-electron chi connectivity index (χ3n) is 4.27. The summed E-state index contributed by atoms with van der Waals surface area (Å²) in [6.45, 7) is 2.93. The predicted molar refractivity (Wildman–Crippen MR) is 81.2 cm³/mol. The van der Waals surface area contributed by atoms with Crippen LogP contribution in [-0.2, 0) is 0 Å². The first-order chi connectivity index (χ1) is 10.1. The normalized spacial score (nSPS) is 21.6. The van der Waals surface area contributed by atoms with Gasteiger partial charge < -0.3 is 5.32 Å². The smallest absolute Gasteiger partial charge is 0.272 e. The average Bonchev–Trinajstić information content (AvgIpc) is 2.91. The summed E-state index contributed by atoms with van der Waals surface area (Å²) in [5.74, 6) is 1.08. The molecule has 5 nitrogen and oxygen atoms in total. The van der Waals surface area contributed by atoms with Crippen LogP contribution in [0.3, 0.4) is 0 Å². The van der Waals surface area contributed by atoms with Gasteiger partial charge in [0.25, 0.3) is 11.5 Å². The molecule has 3 rings (SSSR count). The second-order valence-electron chi connectivity index (χ2n) is 5.94. The third kappa shape index (κ3) is 2.82. The number of aromatic nitrogens is 2. The minimum absolute atomic E-state index is 0.220. The lowest BCUT2D eigenvalue weighted by Crippen LogP contribution is -2.30. The third-order valence-corrected chi connectivity index (χ3v) is 4.27. The summed E-state index contributed by atoms with van der Waals surface area (Å²) >= 11 is 0. The molecule has 0 saturated heterocycles. The number of aromatic amines is 1. The number of carbonyl (C=O) groups is 1. The van der Waals surface area contributed by atoms with E-state index in [1.165, 1.54) is 19.3 Å². The predicted octanol–water partition coefficient (Wildman–Crippen LogP) is 2.09. The van der Waals surface area contributed by atoms with Crippen LogP contribution in [0.5, 0.6) is 0 Å². The molecule has 21 heavy (non-hydrogen) atoms. The number of carbonyl (C=O) groups excluding carboxylic acids is 1. The number of rotatable bonds is 3. The first-order valence-corrected chi connectivity index (χ1v) is 7.40. The Balaban J connectivity index is 1.79. The van der Waals surface area contributed by atoms with E-state index in [2.05, 4.69) is 22.4 Å². The Morgan fingerprint density at radius 1 is 1.33 bits per heavy atom. The van der Waals surface area contributed by atoms with Crippen LogP contribution in [-0.4, -0.2) is 22.6 Å². The molecule has 0 radical (unpaired) electrons. The van der Waals surface area contributed by atoms with Crippen molar-refractivity contribution in [2.24, 2.45) is 11.8 Å². The van der Waals surface area contributed by atoms with Crippen LogP contribution >= 0.6 is 0 Å². The number of hydrogen-bond donors (Lipinski definition) is 2. The van der Waals surface area contributed by atoms with Crippen LogP contribution in [0.25, 0.3) is 10.8 Å². The molecular weight excluding hydrogens is 266 g/mol. The van der Waals surface area contributed by atoms with Gasteiger partial charge in [0, 0.05) is 11.9 Å². The van der Waals surface area contributed by atoms with E-state index < -0.39 is 0 Å². The monoisotopic (exact) mass is 285 g/mol. The highest BCUT2D eigenvalue weighted by Crippen LogP contribution is 2.29. The lowest BCUT2D eigenvalue weighted by atomic mass is 10.1. The zero-order valence-electron chi connectivity index (χ0n) is 12.1. The van der Waals surface area contributed by atoms with Gasteiger partial charge in [0.1, 0.15) is 0 Å². The van der Waals surface area contributed by atoms with E-state index in [-0.39, 0.29) is 17.2 Å². The summed E-state index contributed by atoms with van der Waals surface area (Å²) in [6.07, 6.45) is 3.57. The molecule has 2 unspecified atom stereocenters. The Morgan fingerprint density at radius 3 is 2.81 bits per heavy atom. The van der Waals surface area contributed by atoms with Crippen LogP contribution in [0.4, 0.5) is 0 Å². The molecule has 0 bridgehead atoms. The number of H-pyrrole nitrogens is 1. The van der Waals surface area contributed by atoms with E-state index in [1.54, 1.807) is 24.3 Å². The number of nitrogens with one attached hydrogen (secondary N) is 2. The summed E-state index contributed by atoms with van der Waals surface area (Å²) in [7, 11) is 0. The number of nitrogens with zero attached hydrogens (tertiary/aromatic N) is 1. The topological polar surface area (TPSA) is 74.8 Å². The van der Waals surface area contributed by atoms with Crippen molar-refractivity contribution >= 4 is 16.7 Å². The van der Waals surface area contributed by atoms with Gasteiger partial charge in [0.15, 0.2) is 5.69 Å². The van der Waals surface area contributed by atoms with Crippen molar-refractivity contribution in [1.29, 1.82) is 0 Å². The zero-order chi connectivity index (χ0) is 14.8. The Kier molecular flexibility index (Phi) is 3.73. The van der Waals surface area contributed by atoms with Gasteiger partial charge in [-0.15, -0.1) is 0 Å². The van der Waals surface area contributed by atoms with Crippen LogP contribution in [0, 0.1) is 11.8 Å². The first-order valence-electron chi connectivity index (χ1n) is 7.40. The number of fused-ring (bicyclic) bond motifs is 1. The fourth-order valence-electron chi connectivity index (χ4n) is 3.12. The molecule has 0 aliphatic heterocycles. The zero-order valence-corrected chi connectivity index (χ0v) is 12.1.